The topological polar surface area (TPSA) is 86.9 Å². The van der Waals surface area contributed by atoms with E-state index in [1.165, 1.54) is 12.7 Å². The minimum absolute atomic E-state index is 0.432. The molecule has 1 aromatic heterocycles. The molecule has 1 aromatic carbocycles. The minimum atomic E-state index is 0.432. The number of hydrogen-bond donors (Lipinski definition) is 2. The predicted molar refractivity (Wildman–Crippen MR) is 54.4 cm³/mol. The smallest absolute Gasteiger partial charge is 0.230 e. The molecule has 0 aliphatic heterocycles. The van der Waals surface area contributed by atoms with Crippen molar-refractivity contribution in [2.45, 2.75) is 0 Å². The first-order valence-electron chi connectivity index (χ1n) is 4.25. The van der Waals surface area contributed by atoms with E-state index in [-0.39, 0.29) is 0 Å². The normalized spacial score (nSPS) is 9.60. The summed E-state index contributed by atoms with van der Waals surface area (Å²) >= 11 is 0. The van der Waals surface area contributed by atoms with Crippen LogP contribution in [0.4, 0.5) is 17.3 Å². The van der Waals surface area contributed by atoms with Gasteiger partial charge in [-0.3, -0.25) is 0 Å². The number of nitrogens with one attached hydrogen (secondary N) is 2. The number of nitrogens with zero attached hydrogens (tertiary/aromatic N) is 4. The quantitative estimate of drug-likeness (QED) is 0.744. The maximum absolute atomic E-state index is 6.98. The molecule has 0 aliphatic carbocycles. The molecule has 2 N–H and O–H groups in total. The molecule has 2 aromatic rings. The van der Waals surface area contributed by atoms with E-state index in [4.69, 9.17) is 5.53 Å². The second-order valence-electron chi connectivity index (χ2n) is 2.72. The van der Waals surface area contributed by atoms with Crippen LogP contribution in [0.1, 0.15) is 0 Å². The summed E-state index contributed by atoms with van der Waals surface area (Å²) in [5, 5.41) is 6.33. The zero-order valence-corrected chi connectivity index (χ0v) is 7.75. The van der Waals surface area contributed by atoms with Crippen molar-refractivity contribution < 1.29 is 0 Å². The summed E-state index contributed by atoms with van der Waals surface area (Å²) in [6.45, 7) is 0. The number of para-hydroxylation sites is 2. The highest BCUT2D eigenvalue weighted by Crippen LogP contribution is 2.25. The Hall–Kier alpha value is -2.37. The van der Waals surface area contributed by atoms with Crippen LogP contribution in [0, 0.1) is 5.53 Å². The summed E-state index contributed by atoms with van der Waals surface area (Å²) in [5.74, 6) is 0.432. The van der Waals surface area contributed by atoms with E-state index >= 15 is 0 Å². The van der Waals surface area contributed by atoms with Gasteiger partial charge in [0.15, 0.2) is 0 Å². The molecule has 0 atom stereocenters. The van der Waals surface area contributed by atoms with Gasteiger partial charge in [-0.05, 0) is 12.1 Å². The molecule has 0 radical (unpaired) electrons. The van der Waals surface area contributed by atoms with E-state index < -0.39 is 0 Å². The summed E-state index contributed by atoms with van der Waals surface area (Å²) in [6.07, 6.45) is 2.80. The lowest BCUT2D eigenvalue weighted by molar-refractivity contribution is 1.05. The first-order valence-corrected chi connectivity index (χ1v) is 4.25. The highest BCUT2D eigenvalue weighted by molar-refractivity contribution is 5.68. The largest absolute Gasteiger partial charge is 0.322 e. The number of benzene rings is 1. The highest BCUT2D eigenvalue weighted by atomic mass is 15.1. The fraction of sp³-hybridized carbons (Fsp3) is 0. The molecule has 0 bridgehead atoms. The van der Waals surface area contributed by atoms with Crippen LogP contribution >= 0.6 is 0 Å². The molecule has 0 amide bonds. The third-order valence-electron chi connectivity index (χ3n) is 1.76. The number of hydrogen-bond acceptors (Lipinski definition) is 6. The fourth-order valence-corrected chi connectivity index (χ4v) is 1.10. The van der Waals surface area contributed by atoms with Gasteiger partial charge in [-0.25, -0.2) is 20.5 Å². The summed E-state index contributed by atoms with van der Waals surface area (Å²) < 4.78 is 0. The lowest BCUT2D eigenvalue weighted by atomic mass is 10.3. The molecule has 15 heavy (non-hydrogen) atoms. The number of anilines is 2. The molecule has 0 aliphatic rings. The second kappa shape index (κ2) is 4.23. The van der Waals surface area contributed by atoms with Crippen LogP contribution in [-0.2, 0) is 0 Å². The van der Waals surface area contributed by atoms with Gasteiger partial charge in [0.25, 0.3) is 0 Å². The third kappa shape index (κ3) is 2.11. The van der Waals surface area contributed by atoms with Gasteiger partial charge < -0.3 is 5.32 Å². The maximum atomic E-state index is 6.98. The SMILES string of the molecule is N=Nc1ccccc1Nc1ncncn1. The van der Waals surface area contributed by atoms with Crippen LogP contribution in [0.25, 0.3) is 0 Å². The Kier molecular flexibility index (Phi) is 2.59. The lowest BCUT2D eigenvalue weighted by Gasteiger charge is -2.05. The van der Waals surface area contributed by atoms with E-state index in [1.807, 2.05) is 12.1 Å². The highest BCUT2D eigenvalue weighted by Gasteiger charge is 2.01. The van der Waals surface area contributed by atoms with Gasteiger partial charge in [0.2, 0.25) is 5.95 Å². The van der Waals surface area contributed by atoms with E-state index in [9.17, 15) is 0 Å². The molecule has 0 saturated heterocycles. The second-order valence-corrected chi connectivity index (χ2v) is 2.72. The molecule has 74 valence electrons. The number of aromatic nitrogens is 3. The van der Waals surface area contributed by atoms with Crippen molar-refractivity contribution in [3.05, 3.63) is 36.9 Å². The average molecular weight is 200 g/mol. The Bertz CT molecular complexity index is 455. The monoisotopic (exact) mass is 200 g/mol. The zero-order chi connectivity index (χ0) is 10.5. The van der Waals surface area contributed by atoms with Crippen LogP contribution in [0.5, 0.6) is 0 Å². The third-order valence-corrected chi connectivity index (χ3v) is 1.76. The van der Waals surface area contributed by atoms with Crippen LogP contribution in [-0.4, -0.2) is 15.0 Å². The van der Waals surface area contributed by atoms with E-state index in [2.05, 4.69) is 25.4 Å². The molecule has 2 rings (SSSR count). The van der Waals surface area contributed by atoms with Crippen molar-refractivity contribution in [1.82, 2.24) is 15.0 Å². The molecule has 1 heterocycles. The van der Waals surface area contributed by atoms with Gasteiger partial charge in [-0.15, -0.1) is 0 Å². The molecule has 6 heteroatoms. The maximum Gasteiger partial charge on any atom is 0.230 e. The van der Waals surface area contributed by atoms with Gasteiger partial charge in [0.1, 0.15) is 18.3 Å². The molecule has 0 saturated carbocycles. The van der Waals surface area contributed by atoms with Crippen molar-refractivity contribution >= 4 is 17.3 Å². The molecular weight excluding hydrogens is 192 g/mol. The Labute approximate surface area is 85.9 Å². The fourth-order valence-electron chi connectivity index (χ4n) is 1.10. The van der Waals surface area contributed by atoms with Crippen LogP contribution in [0.15, 0.2) is 42.0 Å². The Morgan fingerprint density at radius 3 is 2.60 bits per heavy atom. The van der Waals surface area contributed by atoms with Crippen LogP contribution in [0.2, 0.25) is 0 Å². The van der Waals surface area contributed by atoms with Crippen molar-refractivity contribution in [2.24, 2.45) is 5.11 Å². The van der Waals surface area contributed by atoms with Crippen molar-refractivity contribution in [1.29, 1.82) is 5.53 Å². The molecular formula is C9H8N6. The van der Waals surface area contributed by atoms with Crippen LogP contribution in [0.3, 0.4) is 0 Å². The van der Waals surface area contributed by atoms with Gasteiger partial charge >= 0.3 is 0 Å². The summed E-state index contributed by atoms with van der Waals surface area (Å²) in [6, 6.07) is 7.19. The van der Waals surface area contributed by atoms with Crippen molar-refractivity contribution in [2.75, 3.05) is 5.32 Å². The average Bonchev–Trinajstić information content (AvgIpc) is 2.31. The van der Waals surface area contributed by atoms with E-state index in [0.29, 0.717) is 17.3 Å². The van der Waals surface area contributed by atoms with Crippen molar-refractivity contribution in [3.63, 3.8) is 0 Å². The van der Waals surface area contributed by atoms with Gasteiger partial charge in [-0.2, -0.15) is 5.11 Å². The zero-order valence-electron chi connectivity index (χ0n) is 7.75. The minimum Gasteiger partial charge on any atom is -0.322 e. The number of rotatable bonds is 3. The van der Waals surface area contributed by atoms with Crippen molar-refractivity contribution in [3.8, 4) is 0 Å². The van der Waals surface area contributed by atoms with Gasteiger partial charge in [0, 0.05) is 0 Å². The standard InChI is InChI=1S/C9H8N6/c10-15-8-4-2-1-3-7(8)14-9-12-5-11-6-13-9/h1-6,10H,(H,11,12,13,14). The van der Waals surface area contributed by atoms with Gasteiger partial charge in [0.05, 0.1) is 5.69 Å². The Balaban J connectivity index is 2.28. The summed E-state index contributed by atoms with van der Waals surface area (Å²) in [5.41, 5.74) is 8.22. The first-order chi connectivity index (χ1) is 7.40. The Morgan fingerprint density at radius 2 is 1.87 bits per heavy atom. The Morgan fingerprint density at radius 1 is 1.13 bits per heavy atom. The summed E-state index contributed by atoms with van der Waals surface area (Å²) in [4.78, 5) is 11.5. The lowest BCUT2D eigenvalue weighted by Crippen LogP contribution is -1.96. The molecule has 0 unspecified atom stereocenters. The summed E-state index contributed by atoms with van der Waals surface area (Å²) in [7, 11) is 0. The van der Waals surface area contributed by atoms with E-state index in [0.717, 1.165) is 0 Å². The van der Waals surface area contributed by atoms with E-state index in [1.54, 1.807) is 12.1 Å². The molecule has 6 nitrogen and oxygen atoms in total. The first kappa shape index (κ1) is 9.20. The van der Waals surface area contributed by atoms with Gasteiger partial charge in [-0.1, -0.05) is 12.1 Å². The molecule has 0 fully saturated rings. The predicted octanol–water partition coefficient (Wildman–Crippen LogP) is 2.28. The van der Waals surface area contributed by atoms with Crippen LogP contribution < -0.4 is 5.32 Å². The molecule has 0 spiro atoms.